The van der Waals surface area contributed by atoms with Gasteiger partial charge in [-0.3, -0.25) is 0 Å². The normalized spacial score (nSPS) is 22.5. The fraction of sp³-hybridized carbons (Fsp3) is 1.00. The van der Waals surface area contributed by atoms with Crippen molar-refractivity contribution in [3.63, 3.8) is 0 Å². The molecule has 0 aromatic rings. The van der Waals surface area contributed by atoms with Crippen molar-refractivity contribution in [2.75, 3.05) is 13.2 Å². The first kappa shape index (κ1) is 9.96. The highest BCUT2D eigenvalue weighted by Gasteiger charge is 2.31. The summed E-state index contributed by atoms with van der Waals surface area (Å²) in [6.07, 6.45) is 6.98. The van der Waals surface area contributed by atoms with E-state index in [0.717, 1.165) is 19.3 Å². The molecule has 3 N–H and O–H groups in total. The summed E-state index contributed by atoms with van der Waals surface area (Å²) in [4.78, 5) is 4.73. The Balaban J connectivity index is 2.44. The van der Waals surface area contributed by atoms with E-state index >= 15 is 0 Å². The molecule has 0 bridgehead atoms. The van der Waals surface area contributed by atoms with Crippen molar-refractivity contribution >= 4 is 0 Å². The van der Waals surface area contributed by atoms with E-state index in [-0.39, 0.29) is 12.0 Å². The third-order valence-corrected chi connectivity index (χ3v) is 2.95. The standard InChI is InChI=1S/C9H19NO2/c10-12-8-9(6-7-11)4-2-1-3-5-9/h11H,1-8,10H2. The number of hydrogen-bond donors (Lipinski definition) is 2. The summed E-state index contributed by atoms with van der Waals surface area (Å²) in [6.45, 7) is 0.858. The molecule has 0 spiro atoms. The van der Waals surface area contributed by atoms with E-state index in [1.165, 1.54) is 19.3 Å². The average molecular weight is 173 g/mol. The van der Waals surface area contributed by atoms with Gasteiger partial charge in [-0.2, -0.15) is 0 Å². The van der Waals surface area contributed by atoms with Gasteiger partial charge in [0.25, 0.3) is 0 Å². The number of aliphatic hydroxyl groups excluding tert-OH is 1. The minimum Gasteiger partial charge on any atom is -0.396 e. The molecule has 72 valence electrons. The van der Waals surface area contributed by atoms with Crippen molar-refractivity contribution in [2.45, 2.75) is 38.5 Å². The van der Waals surface area contributed by atoms with Gasteiger partial charge in [0.15, 0.2) is 0 Å². The lowest BCUT2D eigenvalue weighted by atomic mass is 9.72. The lowest BCUT2D eigenvalue weighted by Crippen LogP contribution is -2.32. The summed E-state index contributed by atoms with van der Waals surface area (Å²) in [5, 5.41) is 8.91. The molecule has 0 aliphatic heterocycles. The molecule has 0 heterocycles. The van der Waals surface area contributed by atoms with Gasteiger partial charge in [0.1, 0.15) is 0 Å². The molecule has 0 radical (unpaired) electrons. The van der Waals surface area contributed by atoms with Crippen LogP contribution in [0, 0.1) is 5.41 Å². The van der Waals surface area contributed by atoms with Crippen LogP contribution in [0.4, 0.5) is 0 Å². The first-order valence-corrected chi connectivity index (χ1v) is 4.75. The van der Waals surface area contributed by atoms with Crippen LogP contribution < -0.4 is 5.90 Å². The second kappa shape index (κ2) is 4.80. The van der Waals surface area contributed by atoms with Crippen LogP contribution in [-0.2, 0) is 4.84 Å². The third kappa shape index (κ3) is 2.44. The Hall–Kier alpha value is -0.120. The molecule has 0 unspecified atom stereocenters. The molecule has 1 saturated carbocycles. The van der Waals surface area contributed by atoms with E-state index in [4.69, 9.17) is 15.8 Å². The fourth-order valence-electron chi connectivity index (χ4n) is 2.18. The maximum atomic E-state index is 8.91. The van der Waals surface area contributed by atoms with Gasteiger partial charge in [0, 0.05) is 6.61 Å². The van der Waals surface area contributed by atoms with Gasteiger partial charge in [-0.15, -0.1) is 0 Å². The molecule has 1 rings (SSSR count). The van der Waals surface area contributed by atoms with E-state index in [1.54, 1.807) is 0 Å². The Bertz CT molecular complexity index is 106. The Morgan fingerprint density at radius 1 is 1.25 bits per heavy atom. The van der Waals surface area contributed by atoms with Gasteiger partial charge < -0.3 is 9.94 Å². The Morgan fingerprint density at radius 2 is 1.92 bits per heavy atom. The van der Waals surface area contributed by atoms with Crippen LogP contribution in [0.5, 0.6) is 0 Å². The van der Waals surface area contributed by atoms with Gasteiger partial charge in [-0.05, 0) is 24.7 Å². The van der Waals surface area contributed by atoms with Crippen molar-refractivity contribution in [3.05, 3.63) is 0 Å². The molecule has 1 aliphatic carbocycles. The highest BCUT2D eigenvalue weighted by molar-refractivity contribution is 4.82. The molecule has 1 fully saturated rings. The largest absolute Gasteiger partial charge is 0.396 e. The van der Waals surface area contributed by atoms with Crippen molar-refractivity contribution < 1.29 is 9.94 Å². The predicted molar refractivity (Wildman–Crippen MR) is 47.4 cm³/mol. The highest BCUT2D eigenvalue weighted by Crippen LogP contribution is 2.38. The van der Waals surface area contributed by atoms with Gasteiger partial charge in [0.2, 0.25) is 0 Å². The van der Waals surface area contributed by atoms with Crippen LogP contribution in [0.3, 0.4) is 0 Å². The molecule has 12 heavy (non-hydrogen) atoms. The van der Waals surface area contributed by atoms with E-state index in [9.17, 15) is 0 Å². The van der Waals surface area contributed by atoms with Crippen LogP contribution in [0.25, 0.3) is 0 Å². The highest BCUT2D eigenvalue weighted by atomic mass is 16.6. The van der Waals surface area contributed by atoms with Crippen molar-refractivity contribution in [1.29, 1.82) is 0 Å². The Kier molecular flexibility index (Phi) is 3.98. The SMILES string of the molecule is NOCC1(CCO)CCCCC1. The Labute approximate surface area is 73.9 Å². The van der Waals surface area contributed by atoms with Crippen LogP contribution in [0.1, 0.15) is 38.5 Å². The summed E-state index contributed by atoms with van der Waals surface area (Å²) >= 11 is 0. The molecule has 0 amide bonds. The zero-order valence-electron chi connectivity index (χ0n) is 7.59. The maximum absolute atomic E-state index is 8.91. The second-order valence-electron chi connectivity index (χ2n) is 3.85. The lowest BCUT2D eigenvalue weighted by molar-refractivity contribution is 0.00385. The molecular formula is C9H19NO2. The zero-order chi connectivity index (χ0) is 8.86. The van der Waals surface area contributed by atoms with E-state index in [0.29, 0.717) is 6.61 Å². The zero-order valence-corrected chi connectivity index (χ0v) is 7.59. The fourth-order valence-corrected chi connectivity index (χ4v) is 2.18. The molecule has 0 saturated heterocycles. The molecule has 3 heteroatoms. The van der Waals surface area contributed by atoms with E-state index < -0.39 is 0 Å². The van der Waals surface area contributed by atoms with Crippen LogP contribution in [0.15, 0.2) is 0 Å². The van der Waals surface area contributed by atoms with E-state index in [2.05, 4.69) is 0 Å². The smallest absolute Gasteiger partial charge is 0.0736 e. The second-order valence-corrected chi connectivity index (χ2v) is 3.85. The quantitative estimate of drug-likeness (QED) is 0.628. The van der Waals surface area contributed by atoms with Crippen molar-refractivity contribution in [3.8, 4) is 0 Å². The lowest BCUT2D eigenvalue weighted by Gasteiger charge is -2.35. The first-order valence-electron chi connectivity index (χ1n) is 4.75. The van der Waals surface area contributed by atoms with Gasteiger partial charge in [-0.25, -0.2) is 5.90 Å². The monoisotopic (exact) mass is 173 g/mol. The van der Waals surface area contributed by atoms with Crippen LogP contribution in [-0.4, -0.2) is 18.3 Å². The topological polar surface area (TPSA) is 55.5 Å². The van der Waals surface area contributed by atoms with Gasteiger partial charge in [-0.1, -0.05) is 19.3 Å². The van der Waals surface area contributed by atoms with Crippen molar-refractivity contribution in [2.24, 2.45) is 11.3 Å². The molecule has 0 atom stereocenters. The Morgan fingerprint density at radius 3 is 2.42 bits per heavy atom. The number of hydrogen-bond acceptors (Lipinski definition) is 3. The first-order chi connectivity index (χ1) is 5.83. The van der Waals surface area contributed by atoms with Crippen molar-refractivity contribution in [1.82, 2.24) is 0 Å². The molecule has 3 nitrogen and oxygen atoms in total. The maximum Gasteiger partial charge on any atom is 0.0736 e. The minimum atomic E-state index is 0.182. The molecule has 1 aliphatic rings. The summed E-state index contributed by atoms with van der Waals surface area (Å²) in [6, 6.07) is 0. The van der Waals surface area contributed by atoms with Gasteiger partial charge >= 0.3 is 0 Å². The van der Waals surface area contributed by atoms with Crippen LogP contribution in [0.2, 0.25) is 0 Å². The molecule has 0 aromatic heterocycles. The van der Waals surface area contributed by atoms with E-state index in [1.807, 2.05) is 0 Å². The van der Waals surface area contributed by atoms with Crippen LogP contribution >= 0.6 is 0 Å². The number of nitrogens with two attached hydrogens (primary N) is 1. The molecule has 0 aromatic carbocycles. The van der Waals surface area contributed by atoms with Gasteiger partial charge in [0.05, 0.1) is 6.61 Å². The minimum absolute atomic E-state index is 0.182. The third-order valence-electron chi connectivity index (χ3n) is 2.95. The summed E-state index contributed by atoms with van der Waals surface area (Å²) < 4.78 is 0. The number of rotatable bonds is 4. The number of aliphatic hydroxyl groups is 1. The molecular weight excluding hydrogens is 154 g/mol. The summed E-state index contributed by atoms with van der Waals surface area (Å²) in [5.41, 5.74) is 0.182. The summed E-state index contributed by atoms with van der Waals surface area (Å²) in [7, 11) is 0. The average Bonchev–Trinajstić information content (AvgIpc) is 2.07. The predicted octanol–water partition coefficient (Wildman–Crippen LogP) is 1.21. The summed E-state index contributed by atoms with van der Waals surface area (Å²) in [5.74, 6) is 5.09.